The molecule has 2 rings (SSSR count). The Bertz CT molecular complexity index is 832. The highest BCUT2D eigenvalue weighted by Crippen LogP contribution is 2.19. The first-order chi connectivity index (χ1) is 16.1. The maximum absolute atomic E-state index is 13.0. The number of aliphatic hydroxyl groups is 1. The number of nitrogens with zero attached hydrogens (tertiary/aromatic N) is 2. The van der Waals surface area contributed by atoms with Gasteiger partial charge >= 0.3 is 5.97 Å². The van der Waals surface area contributed by atoms with Crippen LogP contribution >= 0.6 is 0 Å². The summed E-state index contributed by atoms with van der Waals surface area (Å²) in [5.74, 6) is -3.10. The molecule has 3 amide bonds. The average Bonchev–Trinajstić information content (AvgIpc) is 3.48. The summed E-state index contributed by atoms with van der Waals surface area (Å²) in [6.07, 6.45) is 4.32. The third-order valence-corrected chi connectivity index (χ3v) is 5.78. The first kappa shape index (κ1) is 27.2. The molecule has 13 heteroatoms. The summed E-state index contributed by atoms with van der Waals surface area (Å²) in [5, 5.41) is 24.4. The summed E-state index contributed by atoms with van der Waals surface area (Å²) < 4.78 is 0. The van der Waals surface area contributed by atoms with E-state index in [0.29, 0.717) is 44.5 Å². The number of carboxylic acid groups (broad SMARTS) is 1. The number of aliphatic carboxylic acids is 1. The summed E-state index contributed by atoms with van der Waals surface area (Å²) in [5.41, 5.74) is 12.0. The number of H-pyrrole nitrogens is 1. The minimum Gasteiger partial charge on any atom is -0.480 e. The summed E-state index contributed by atoms with van der Waals surface area (Å²) in [4.78, 5) is 58.1. The lowest BCUT2D eigenvalue weighted by Crippen LogP contribution is -2.59. The average molecular weight is 482 g/mol. The Morgan fingerprint density at radius 3 is 2.62 bits per heavy atom. The van der Waals surface area contributed by atoms with Gasteiger partial charge in [-0.3, -0.25) is 14.4 Å². The molecule has 2 heterocycles. The van der Waals surface area contributed by atoms with E-state index in [1.807, 2.05) is 0 Å². The van der Waals surface area contributed by atoms with E-state index >= 15 is 0 Å². The van der Waals surface area contributed by atoms with Crippen molar-refractivity contribution in [3.05, 3.63) is 18.2 Å². The molecule has 0 saturated carbocycles. The lowest BCUT2D eigenvalue weighted by atomic mass is 10.1. The van der Waals surface area contributed by atoms with Crippen LogP contribution in [0.5, 0.6) is 0 Å². The number of rotatable bonds is 13. The van der Waals surface area contributed by atoms with Crippen LogP contribution < -0.4 is 22.1 Å². The van der Waals surface area contributed by atoms with Gasteiger partial charge in [-0.05, 0) is 39.2 Å². The molecule has 1 aliphatic rings. The predicted octanol–water partition coefficient (Wildman–Crippen LogP) is -2.17. The Kier molecular flexibility index (Phi) is 10.4. The van der Waals surface area contributed by atoms with Crippen LogP contribution in [0.1, 0.15) is 44.7 Å². The highest BCUT2D eigenvalue weighted by atomic mass is 16.4. The Balaban J connectivity index is 2.02. The van der Waals surface area contributed by atoms with Crippen molar-refractivity contribution < 1.29 is 29.4 Å². The van der Waals surface area contributed by atoms with E-state index in [4.69, 9.17) is 11.5 Å². The number of carboxylic acids is 1. The van der Waals surface area contributed by atoms with Gasteiger partial charge in [-0.25, -0.2) is 9.78 Å². The normalized spacial score (nSPS) is 19.2. The molecule has 5 unspecified atom stereocenters. The second-order valence-electron chi connectivity index (χ2n) is 8.49. The lowest BCUT2D eigenvalue weighted by molar-refractivity contribution is -0.144. The van der Waals surface area contributed by atoms with Crippen LogP contribution in [0.25, 0.3) is 0 Å². The summed E-state index contributed by atoms with van der Waals surface area (Å²) in [6, 6.07) is -4.30. The minimum absolute atomic E-state index is 0.0610. The van der Waals surface area contributed by atoms with Crippen LogP contribution in [0.15, 0.2) is 12.5 Å². The quantitative estimate of drug-likeness (QED) is 0.152. The van der Waals surface area contributed by atoms with Gasteiger partial charge in [-0.15, -0.1) is 0 Å². The second kappa shape index (κ2) is 13.0. The molecule has 13 nitrogen and oxygen atoms in total. The Labute approximate surface area is 197 Å². The largest absolute Gasteiger partial charge is 0.480 e. The van der Waals surface area contributed by atoms with E-state index in [-0.39, 0.29) is 12.3 Å². The van der Waals surface area contributed by atoms with Crippen molar-refractivity contribution in [1.82, 2.24) is 25.5 Å². The van der Waals surface area contributed by atoms with Crippen molar-refractivity contribution in [1.29, 1.82) is 0 Å². The fraction of sp³-hybridized carbons (Fsp3) is 0.667. The molecule has 0 bridgehead atoms. The molecule has 5 atom stereocenters. The maximum atomic E-state index is 13.0. The van der Waals surface area contributed by atoms with Gasteiger partial charge in [0.2, 0.25) is 17.7 Å². The minimum atomic E-state index is -1.41. The number of amides is 3. The molecular weight excluding hydrogens is 446 g/mol. The monoisotopic (exact) mass is 481 g/mol. The van der Waals surface area contributed by atoms with Crippen LogP contribution in [0.3, 0.4) is 0 Å². The van der Waals surface area contributed by atoms with Crippen LogP contribution in [0.4, 0.5) is 0 Å². The predicted molar refractivity (Wildman–Crippen MR) is 121 cm³/mol. The smallest absolute Gasteiger partial charge is 0.326 e. The van der Waals surface area contributed by atoms with E-state index < -0.39 is 48.1 Å². The molecule has 1 saturated heterocycles. The van der Waals surface area contributed by atoms with Gasteiger partial charge in [-0.1, -0.05) is 6.42 Å². The zero-order valence-electron chi connectivity index (χ0n) is 19.3. The molecule has 1 fully saturated rings. The highest BCUT2D eigenvalue weighted by molar-refractivity contribution is 5.94. The van der Waals surface area contributed by atoms with E-state index in [1.54, 1.807) is 0 Å². The van der Waals surface area contributed by atoms with Crippen LogP contribution in [0, 0.1) is 0 Å². The first-order valence-corrected chi connectivity index (χ1v) is 11.4. The number of imidazole rings is 1. The van der Waals surface area contributed by atoms with Crippen LogP contribution in [-0.2, 0) is 25.6 Å². The molecule has 9 N–H and O–H groups in total. The lowest BCUT2D eigenvalue weighted by Gasteiger charge is -2.29. The Hall–Kier alpha value is -3.03. The number of nitrogens with two attached hydrogens (primary N) is 2. The molecule has 0 spiro atoms. The fourth-order valence-electron chi connectivity index (χ4n) is 3.88. The zero-order chi connectivity index (χ0) is 25.3. The second-order valence-corrected chi connectivity index (χ2v) is 8.49. The molecule has 34 heavy (non-hydrogen) atoms. The summed E-state index contributed by atoms with van der Waals surface area (Å²) in [6.45, 7) is 2.17. The van der Waals surface area contributed by atoms with E-state index in [9.17, 15) is 29.4 Å². The van der Waals surface area contributed by atoms with Crippen LogP contribution in [-0.4, -0.2) is 92.1 Å². The molecule has 0 aliphatic carbocycles. The standard InChI is InChI=1S/C21H35N7O6/c1-12(29)17(19(31)26-15(21(33)34)9-13-10-24-11-25-13)27-18(30)16-6-4-8-28(16)20(32)14(23)5-2-3-7-22/h10-12,14-17,29H,2-9,22-23H2,1H3,(H,24,25)(H,26,31)(H,27,30)(H,33,34). The summed E-state index contributed by atoms with van der Waals surface area (Å²) in [7, 11) is 0. The van der Waals surface area contributed by atoms with Gasteiger partial charge < -0.3 is 42.2 Å². The molecule has 1 aliphatic heterocycles. The van der Waals surface area contributed by atoms with Gasteiger partial charge in [0.05, 0.1) is 18.5 Å². The highest BCUT2D eigenvalue weighted by Gasteiger charge is 2.38. The number of hydrogen-bond acceptors (Lipinski definition) is 8. The maximum Gasteiger partial charge on any atom is 0.326 e. The van der Waals surface area contributed by atoms with Gasteiger partial charge in [-0.2, -0.15) is 0 Å². The SMILES string of the molecule is CC(O)C(NC(=O)C1CCCN1C(=O)C(N)CCCCN)C(=O)NC(Cc1cnc[nH]1)C(=O)O. The zero-order valence-corrected chi connectivity index (χ0v) is 19.3. The van der Waals surface area contributed by atoms with E-state index in [1.165, 1.54) is 24.3 Å². The number of unbranched alkanes of at least 4 members (excludes halogenated alkanes) is 1. The van der Waals surface area contributed by atoms with E-state index in [2.05, 4.69) is 20.6 Å². The van der Waals surface area contributed by atoms with Gasteiger partial charge in [0.25, 0.3) is 0 Å². The van der Waals surface area contributed by atoms with Gasteiger partial charge in [0.15, 0.2) is 0 Å². The Morgan fingerprint density at radius 1 is 1.29 bits per heavy atom. The van der Waals surface area contributed by atoms with Gasteiger partial charge in [0, 0.05) is 24.9 Å². The molecule has 1 aromatic heterocycles. The number of aromatic nitrogens is 2. The number of hydrogen-bond donors (Lipinski definition) is 7. The number of likely N-dealkylation sites (tertiary alicyclic amines) is 1. The van der Waals surface area contributed by atoms with Crippen molar-refractivity contribution in [2.24, 2.45) is 11.5 Å². The number of nitrogens with one attached hydrogen (secondary N) is 3. The summed E-state index contributed by atoms with van der Waals surface area (Å²) >= 11 is 0. The molecule has 0 radical (unpaired) electrons. The number of aromatic amines is 1. The van der Waals surface area contributed by atoms with Crippen molar-refractivity contribution in [2.45, 2.75) is 75.7 Å². The third kappa shape index (κ3) is 7.50. The Morgan fingerprint density at radius 2 is 2.03 bits per heavy atom. The topological polar surface area (TPSA) is 217 Å². The first-order valence-electron chi connectivity index (χ1n) is 11.4. The third-order valence-electron chi connectivity index (χ3n) is 5.78. The van der Waals surface area contributed by atoms with E-state index in [0.717, 1.165) is 6.42 Å². The molecular formula is C21H35N7O6. The molecule has 0 aromatic carbocycles. The van der Waals surface area contributed by atoms with Crippen LogP contribution in [0.2, 0.25) is 0 Å². The van der Waals surface area contributed by atoms with Crippen molar-refractivity contribution >= 4 is 23.7 Å². The molecule has 1 aromatic rings. The number of aliphatic hydroxyl groups excluding tert-OH is 1. The van der Waals surface area contributed by atoms with Gasteiger partial charge in [0.1, 0.15) is 18.1 Å². The number of carbonyl (C=O) groups excluding carboxylic acids is 3. The van der Waals surface area contributed by atoms with Crippen molar-refractivity contribution in [3.63, 3.8) is 0 Å². The van der Waals surface area contributed by atoms with Crippen molar-refractivity contribution in [2.75, 3.05) is 13.1 Å². The number of carbonyl (C=O) groups is 4. The molecule has 190 valence electrons. The fourth-order valence-corrected chi connectivity index (χ4v) is 3.88. The van der Waals surface area contributed by atoms with Crippen molar-refractivity contribution in [3.8, 4) is 0 Å².